The van der Waals surface area contributed by atoms with E-state index in [0.29, 0.717) is 0 Å². The maximum Gasteiger partial charge on any atom is 0.271 e. The first-order chi connectivity index (χ1) is 11.6. The summed E-state index contributed by atoms with van der Waals surface area (Å²) in [6.07, 6.45) is 3.20. The van der Waals surface area contributed by atoms with Crippen molar-refractivity contribution < 1.29 is 9.72 Å². The highest BCUT2D eigenvalue weighted by molar-refractivity contribution is 5.99. The van der Waals surface area contributed by atoms with Crippen LogP contribution in [0.5, 0.6) is 0 Å². The van der Waals surface area contributed by atoms with E-state index in [2.05, 4.69) is 15.5 Å². The van der Waals surface area contributed by atoms with Crippen molar-refractivity contribution in [2.45, 2.75) is 0 Å². The molecule has 7 heteroatoms. The minimum absolute atomic E-state index is 0.0710. The first kappa shape index (κ1) is 15.3. The van der Waals surface area contributed by atoms with Gasteiger partial charge in [0.05, 0.1) is 16.7 Å². The second kappa shape index (κ2) is 6.66. The Bertz CT molecular complexity index is 931. The summed E-state index contributed by atoms with van der Waals surface area (Å²) in [6.45, 7) is 0. The predicted octanol–water partition coefficient (Wildman–Crippen LogP) is 2.91. The minimum atomic E-state index is -0.519. The number of non-ortho nitro benzene ring substituents is 1. The van der Waals surface area contributed by atoms with Gasteiger partial charge in [-0.25, -0.2) is 5.43 Å². The van der Waals surface area contributed by atoms with Crippen LogP contribution in [0.2, 0.25) is 0 Å². The molecule has 0 bridgehead atoms. The van der Waals surface area contributed by atoms with Gasteiger partial charge in [0, 0.05) is 34.8 Å². The van der Waals surface area contributed by atoms with Gasteiger partial charge < -0.3 is 0 Å². The number of hydrogen-bond donors (Lipinski definition) is 1. The van der Waals surface area contributed by atoms with E-state index in [0.717, 1.165) is 16.5 Å². The van der Waals surface area contributed by atoms with E-state index in [1.807, 2.05) is 24.3 Å². The summed E-state index contributed by atoms with van der Waals surface area (Å²) in [5.41, 5.74) is 4.28. The molecule has 118 valence electrons. The highest BCUT2D eigenvalue weighted by atomic mass is 16.6. The Labute approximate surface area is 136 Å². The highest BCUT2D eigenvalue weighted by Crippen LogP contribution is 2.14. The van der Waals surface area contributed by atoms with Gasteiger partial charge in [-0.05, 0) is 24.3 Å². The zero-order chi connectivity index (χ0) is 16.9. The number of carbonyl (C=O) groups excluding carboxylic acids is 1. The number of fused-ring (bicyclic) bond motifs is 1. The van der Waals surface area contributed by atoms with E-state index in [4.69, 9.17) is 0 Å². The number of amides is 1. The van der Waals surface area contributed by atoms with Crippen molar-refractivity contribution in [3.8, 4) is 0 Å². The Morgan fingerprint density at radius 2 is 1.88 bits per heavy atom. The average molecular weight is 320 g/mol. The number of aromatic nitrogens is 1. The lowest BCUT2D eigenvalue weighted by molar-refractivity contribution is -0.384. The predicted molar refractivity (Wildman–Crippen MR) is 89.9 cm³/mol. The van der Waals surface area contributed by atoms with Crippen molar-refractivity contribution in [2.75, 3.05) is 0 Å². The van der Waals surface area contributed by atoms with Crippen molar-refractivity contribution in [1.82, 2.24) is 10.4 Å². The summed E-state index contributed by atoms with van der Waals surface area (Å²) in [4.78, 5) is 26.3. The van der Waals surface area contributed by atoms with Gasteiger partial charge in [-0.1, -0.05) is 18.2 Å². The van der Waals surface area contributed by atoms with Crippen molar-refractivity contribution in [3.63, 3.8) is 0 Å². The molecule has 7 nitrogen and oxygen atoms in total. The van der Waals surface area contributed by atoms with Gasteiger partial charge in [0.15, 0.2) is 0 Å². The lowest BCUT2D eigenvalue weighted by atomic mass is 10.1. The standard InChI is InChI=1S/C17H12N4O3/c22-17(12-5-7-14(8-6-12)21(23)24)20-19-11-13-9-10-18-16-4-2-1-3-15(13)16/h1-11H,(H,20,22). The van der Waals surface area contributed by atoms with Crippen LogP contribution < -0.4 is 5.43 Å². The fourth-order valence-corrected chi connectivity index (χ4v) is 2.19. The normalized spacial score (nSPS) is 10.8. The molecule has 1 aromatic heterocycles. The quantitative estimate of drug-likeness (QED) is 0.454. The Morgan fingerprint density at radius 3 is 2.62 bits per heavy atom. The van der Waals surface area contributed by atoms with Crippen LogP contribution in [-0.4, -0.2) is 22.0 Å². The smallest absolute Gasteiger partial charge is 0.267 e. The van der Waals surface area contributed by atoms with Crippen LogP contribution in [0.25, 0.3) is 10.9 Å². The molecule has 0 aliphatic rings. The molecule has 3 aromatic rings. The van der Waals surface area contributed by atoms with Gasteiger partial charge in [-0.15, -0.1) is 0 Å². The third kappa shape index (κ3) is 3.25. The molecule has 24 heavy (non-hydrogen) atoms. The van der Waals surface area contributed by atoms with Gasteiger partial charge in [0.25, 0.3) is 11.6 Å². The third-order valence-electron chi connectivity index (χ3n) is 3.39. The summed E-state index contributed by atoms with van der Waals surface area (Å²) in [6, 6.07) is 14.7. The van der Waals surface area contributed by atoms with Crippen molar-refractivity contribution in [2.24, 2.45) is 5.10 Å². The summed E-state index contributed by atoms with van der Waals surface area (Å²) in [5.74, 6) is -0.445. The number of benzene rings is 2. The van der Waals surface area contributed by atoms with Crippen LogP contribution in [-0.2, 0) is 0 Å². The van der Waals surface area contributed by atoms with E-state index >= 15 is 0 Å². The van der Waals surface area contributed by atoms with Gasteiger partial charge in [-0.2, -0.15) is 5.10 Å². The molecule has 1 N–H and O–H groups in total. The van der Waals surface area contributed by atoms with Gasteiger partial charge in [0.1, 0.15) is 0 Å². The molecule has 1 amide bonds. The van der Waals surface area contributed by atoms with Gasteiger partial charge >= 0.3 is 0 Å². The van der Waals surface area contributed by atoms with E-state index in [9.17, 15) is 14.9 Å². The molecule has 0 aliphatic carbocycles. The van der Waals surface area contributed by atoms with Crippen LogP contribution >= 0.6 is 0 Å². The molecule has 0 spiro atoms. The van der Waals surface area contributed by atoms with Crippen LogP contribution in [0, 0.1) is 10.1 Å². The van der Waals surface area contributed by atoms with E-state index in [1.165, 1.54) is 30.5 Å². The molecular weight excluding hydrogens is 308 g/mol. The number of nitro benzene ring substituents is 1. The lowest BCUT2D eigenvalue weighted by Gasteiger charge is -2.01. The molecule has 0 saturated heterocycles. The van der Waals surface area contributed by atoms with E-state index in [-0.39, 0.29) is 11.3 Å². The number of pyridine rings is 1. The number of para-hydroxylation sites is 1. The number of nitrogens with one attached hydrogen (secondary N) is 1. The Kier molecular flexibility index (Phi) is 4.24. The number of nitrogens with zero attached hydrogens (tertiary/aromatic N) is 3. The van der Waals surface area contributed by atoms with Gasteiger partial charge in [-0.3, -0.25) is 19.9 Å². The zero-order valence-corrected chi connectivity index (χ0v) is 12.4. The molecule has 1 heterocycles. The largest absolute Gasteiger partial charge is 0.271 e. The molecule has 0 aliphatic heterocycles. The molecule has 0 unspecified atom stereocenters. The van der Waals surface area contributed by atoms with Crippen molar-refractivity contribution in [1.29, 1.82) is 0 Å². The van der Waals surface area contributed by atoms with E-state index in [1.54, 1.807) is 12.3 Å². The summed E-state index contributed by atoms with van der Waals surface area (Å²) in [5, 5.41) is 15.5. The van der Waals surface area contributed by atoms with Crippen LogP contribution in [0.3, 0.4) is 0 Å². The molecule has 0 atom stereocenters. The molecule has 2 aromatic carbocycles. The fourth-order valence-electron chi connectivity index (χ4n) is 2.19. The second-order valence-corrected chi connectivity index (χ2v) is 4.92. The SMILES string of the molecule is O=C(NN=Cc1ccnc2ccccc12)c1ccc([N+](=O)[O-])cc1. The van der Waals surface area contributed by atoms with Crippen molar-refractivity contribution >= 4 is 28.7 Å². The Morgan fingerprint density at radius 1 is 1.12 bits per heavy atom. The van der Waals surface area contributed by atoms with E-state index < -0.39 is 10.8 Å². The summed E-state index contributed by atoms with van der Waals surface area (Å²) >= 11 is 0. The highest BCUT2D eigenvalue weighted by Gasteiger charge is 2.08. The number of hydrazone groups is 1. The average Bonchev–Trinajstić information content (AvgIpc) is 2.62. The summed E-state index contributed by atoms with van der Waals surface area (Å²) < 4.78 is 0. The monoisotopic (exact) mass is 320 g/mol. The first-order valence-corrected chi connectivity index (χ1v) is 7.07. The maximum absolute atomic E-state index is 12.0. The molecule has 0 radical (unpaired) electrons. The van der Waals surface area contributed by atoms with Crippen LogP contribution in [0.4, 0.5) is 5.69 Å². The topological polar surface area (TPSA) is 97.5 Å². The second-order valence-electron chi connectivity index (χ2n) is 4.92. The lowest BCUT2D eigenvalue weighted by Crippen LogP contribution is -2.17. The van der Waals surface area contributed by atoms with Gasteiger partial charge in [0.2, 0.25) is 0 Å². The maximum atomic E-state index is 12.0. The minimum Gasteiger partial charge on any atom is -0.267 e. The van der Waals surface area contributed by atoms with Crippen LogP contribution in [0.15, 0.2) is 65.9 Å². The number of hydrogen-bond acceptors (Lipinski definition) is 5. The fraction of sp³-hybridized carbons (Fsp3) is 0. The molecule has 0 fully saturated rings. The Balaban J connectivity index is 1.73. The number of nitro groups is 1. The molecule has 3 rings (SSSR count). The zero-order valence-electron chi connectivity index (χ0n) is 12.4. The van der Waals surface area contributed by atoms with Crippen LogP contribution in [0.1, 0.15) is 15.9 Å². The number of carbonyl (C=O) groups is 1. The molecule has 0 saturated carbocycles. The third-order valence-corrected chi connectivity index (χ3v) is 3.39. The molecular formula is C17H12N4O3. The summed E-state index contributed by atoms with van der Waals surface area (Å²) in [7, 11) is 0. The first-order valence-electron chi connectivity index (χ1n) is 7.07. The number of rotatable bonds is 4. The van der Waals surface area contributed by atoms with Crippen molar-refractivity contribution in [3.05, 3.63) is 82.0 Å². The Hall–Kier alpha value is -3.61.